The van der Waals surface area contributed by atoms with Gasteiger partial charge >= 0.3 is 0 Å². The first kappa shape index (κ1) is 12.3. The van der Waals surface area contributed by atoms with Crippen LogP contribution in [0.2, 0.25) is 0 Å². The highest BCUT2D eigenvalue weighted by molar-refractivity contribution is 9.10. The molecular formula is C13H15BrN2O. The smallest absolute Gasteiger partial charge is 0.145 e. The molecule has 90 valence electrons. The van der Waals surface area contributed by atoms with Crippen molar-refractivity contribution in [1.29, 1.82) is 5.26 Å². The Labute approximate surface area is 110 Å². The van der Waals surface area contributed by atoms with E-state index in [1.54, 1.807) is 0 Å². The molecule has 0 saturated carbocycles. The molecule has 0 saturated heterocycles. The number of rotatable bonds is 1. The number of fused-ring (bicyclic) bond motifs is 1. The average molecular weight is 295 g/mol. The van der Waals surface area contributed by atoms with Gasteiger partial charge in [-0.15, -0.1) is 0 Å². The van der Waals surface area contributed by atoms with Crippen LogP contribution in [-0.4, -0.2) is 18.7 Å². The largest absolute Gasteiger partial charge is 0.487 e. The van der Waals surface area contributed by atoms with Gasteiger partial charge in [-0.2, -0.15) is 5.26 Å². The maximum absolute atomic E-state index is 8.96. The molecule has 1 aliphatic rings. The van der Waals surface area contributed by atoms with Gasteiger partial charge in [-0.25, -0.2) is 0 Å². The Balaban J connectivity index is 2.55. The fourth-order valence-corrected chi connectivity index (χ4v) is 2.77. The number of hydrogen-bond acceptors (Lipinski definition) is 3. The lowest BCUT2D eigenvalue weighted by atomic mass is 10.1. The first-order valence-corrected chi connectivity index (χ1v) is 6.49. The Morgan fingerprint density at radius 2 is 2.24 bits per heavy atom. The van der Waals surface area contributed by atoms with E-state index in [2.05, 4.69) is 40.7 Å². The summed E-state index contributed by atoms with van der Waals surface area (Å²) in [5, 5.41) is 8.96. The highest BCUT2D eigenvalue weighted by Crippen LogP contribution is 2.41. The van der Waals surface area contributed by atoms with Gasteiger partial charge in [0.25, 0.3) is 0 Å². The molecular weight excluding hydrogens is 280 g/mol. The van der Waals surface area contributed by atoms with E-state index >= 15 is 0 Å². The van der Waals surface area contributed by atoms with Crippen molar-refractivity contribution >= 4 is 21.6 Å². The summed E-state index contributed by atoms with van der Waals surface area (Å²) in [5.74, 6) is 0.795. The number of halogens is 1. The molecule has 1 aliphatic heterocycles. The molecule has 3 nitrogen and oxygen atoms in total. The Bertz CT molecular complexity index is 479. The Kier molecular flexibility index (Phi) is 3.30. The lowest BCUT2D eigenvalue weighted by molar-refractivity contribution is 0.209. The molecule has 0 aromatic heterocycles. The zero-order valence-electron chi connectivity index (χ0n) is 10.2. The predicted molar refractivity (Wildman–Crippen MR) is 71.4 cm³/mol. The van der Waals surface area contributed by atoms with Gasteiger partial charge in [-0.3, -0.25) is 0 Å². The second kappa shape index (κ2) is 4.58. The lowest BCUT2D eigenvalue weighted by Crippen LogP contribution is -2.42. The molecule has 0 radical (unpaired) electrons. The fraction of sp³-hybridized carbons (Fsp3) is 0.462. The van der Waals surface area contributed by atoms with Gasteiger partial charge in [0.1, 0.15) is 11.9 Å². The Morgan fingerprint density at radius 3 is 2.82 bits per heavy atom. The van der Waals surface area contributed by atoms with Crippen molar-refractivity contribution in [1.82, 2.24) is 0 Å². The van der Waals surface area contributed by atoms with E-state index in [0.29, 0.717) is 11.6 Å². The van der Waals surface area contributed by atoms with E-state index in [1.165, 1.54) is 0 Å². The first-order valence-electron chi connectivity index (χ1n) is 5.70. The standard InChI is InChI=1S/C13H15BrN2O/c1-8(2)16-7-9(3)17-12-5-10(6-15)4-11(14)13(12)16/h4-5,8-9H,7H2,1-3H3. The van der Waals surface area contributed by atoms with Gasteiger partial charge in [0, 0.05) is 16.6 Å². The summed E-state index contributed by atoms with van der Waals surface area (Å²) in [7, 11) is 0. The number of nitrogens with zero attached hydrogens (tertiary/aromatic N) is 2. The van der Waals surface area contributed by atoms with Crippen LogP contribution >= 0.6 is 15.9 Å². The van der Waals surface area contributed by atoms with E-state index in [0.717, 1.165) is 22.5 Å². The second-order valence-electron chi connectivity index (χ2n) is 4.59. The van der Waals surface area contributed by atoms with Gasteiger partial charge < -0.3 is 9.64 Å². The first-order chi connectivity index (χ1) is 8.02. The van der Waals surface area contributed by atoms with Crippen LogP contribution in [0.4, 0.5) is 5.69 Å². The molecule has 17 heavy (non-hydrogen) atoms. The van der Waals surface area contributed by atoms with Crippen molar-refractivity contribution in [3.8, 4) is 11.8 Å². The normalized spacial score (nSPS) is 18.6. The quantitative estimate of drug-likeness (QED) is 0.797. The molecule has 1 aromatic carbocycles. The van der Waals surface area contributed by atoms with E-state index < -0.39 is 0 Å². The molecule has 2 rings (SSSR count). The van der Waals surface area contributed by atoms with E-state index in [4.69, 9.17) is 10.00 Å². The third-order valence-corrected chi connectivity index (χ3v) is 3.45. The van der Waals surface area contributed by atoms with Crippen molar-refractivity contribution in [2.45, 2.75) is 32.9 Å². The maximum atomic E-state index is 8.96. The lowest BCUT2D eigenvalue weighted by Gasteiger charge is -2.38. The SMILES string of the molecule is CC1CN(C(C)C)c2c(Br)cc(C#N)cc2O1. The van der Waals surface area contributed by atoms with E-state index in [1.807, 2.05) is 19.1 Å². The van der Waals surface area contributed by atoms with Crippen molar-refractivity contribution in [2.75, 3.05) is 11.4 Å². The number of hydrogen-bond donors (Lipinski definition) is 0. The van der Waals surface area contributed by atoms with Crippen molar-refractivity contribution in [2.24, 2.45) is 0 Å². The molecule has 0 N–H and O–H groups in total. The van der Waals surface area contributed by atoms with E-state index in [-0.39, 0.29) is 6.10 Å². The van der Waals surface area contributed by atoms with Gasteiger partial charge in [0.05, 0.1) is 23.9 Å². The summed E-state index contributed by atoms with van der Waals surface area (Å²) in [5.41, 5.74) is 1.67. The molecule has 1 unspecified atom stereocenters. The molecule has 0 spiro atoms. The van der Waals surface area contributed by atoms with Crippen LogP contribution in [-0.2, 0) is 0 Å². The summed E-state index contributed by atoms with van der Waals surface area (Å²) in [6.07, 6.45) is 0.144. The van der Waals surface area contributed by atoms with Crippen LogP contribution in [0.25, 0.3) is 0 Å². The van der Waals surface area contributed by atoms with Crippen LogP contribution in [0, 0.1) is 11.3 Å². The van der Waals surface area contributed by atoms with Crippen LogP contribution in [0.5, 0.6) is 5.75 Å². The minimum absolute atomic E-state index is 0.144. The van der Waals surface area contributed by atoms with E-state index in [9.17, 15) is 0 Å². The summed E-state index contributed by atoms with van der Waals surface area (Å²) in [6, 6.07) is 6.21. The third-order valence-electron chi connectivity index (χ3n) is 2.85. The molecule has 0 aliphatic carbocycles. The van der Waals surface area contributed by atoms with Crippen molar-refractivity contribution in [3.05, 3.63) is 22.2 Å². The summed E-state index contributed by atoms with van der Waals surface area (Å²) < 4.78 is 6.74. The van der Waals surface area contributed by atoms with Crippen LogP contribution in [0.1, 0.15) is 26.3 Å². The highest BCUT2D eigenvalue weighted by Gasteiger charge is 2.27. The predicted octanol–water partition coefficient (Wildman–Crippen LogP) is 3.32. The minimum atomic E-state index is 0.144. The van der Waals surface area contributed by atoms with Gasteiger partial charge in [0.2, 0.25) is 0 Å². The number of ether oxygens (including phenoxy) is 1. The maximum Gasteiger partial charge on any atom is 0.145 e. The molecule has 0 bridgehead atoms. The van der Waals surface area contributed by atoms with Gasteiger partial charge in [-0.1, -0.05) is 0 Å². The van der Waals surface area contributed by atoms with Crippen molar-refractivity contribution < 1.29 is 4.74 Å². The molecule has 1 atom stereocenters. The number of benzene rings is 1. The van der Waals surface area contributed by atoms with Crippen LogP contribution < -0.4 is 9.64 Å². The molecule has 0 amide bonds. The topological polar surface area (TPSA) is 36.3 Å². The number of nitriles is 1. The highest BCUT2D eigenvalue weighted by atomic mass is 79.9. The van der Waals surface area contributed by atoms with Crippen molar-refractivity contribution in [3.63, 3.8) is 0 Å². The Hall–Kier alpha value is -1.21. The van der Waals surface area contributed by atoms with Gasteiger partial charge in [0.15, 0.2) is 0 Å². The molecule has 0 fully saturated rings. The average Bonchev–Trinajstić information content (AvgIpc) is 2.26. The summed E-state index contributed by atoms with van der Waals surface area (Å²) in [6.45, 7) is 7.24. The van der Waals surface area contributed by atoms with Crippen LogP contribution in [0.15, 0.2) is 16.6 Å². The molecule has 1 heterocycles. The molecule has 1 aromatic rings. The Morgan fingerprint density at radius 1 is 1.53 bits per heavy atom. The van der Waals surface area contributed by atoms with Crippen LogP contribution in [0.3, 0.4) is 0 Å². The second-order valence-corrected chi connectivity index (χ2v) is 5.45. The summed E-state index contributed by atoms with van der Waals surface area (Å²) >= 11 is 3.53. The monoisotopic (exact) mass is 294 g/mol. The zero-order valence-corrected chi connectivity index (χ0v) is 11.8. The third kappa shape index (κ3) is 2.25. The van der Waals surface area contributed by atoms with Gasteiger partial charge in [-0.05, 0) is 42.8 Å². The molecule has 4 heteroatoms. The minimum Gasteiger partial charge on any atom is -0.487 e. The fourth-order valence-electron chi connectivity index (χ4n) is 2.10. The number of anilines is 1. The summed E-state index contributed by atoms with van der Waals surface area (Å²) in [4.78, 5) is 2.30. The zero-order chi connectivity index (χ0) is 12.6.